The van der Waals surface area contributed by atoms with Gasteiger partial charge in [0.15, 0.2) is 0 Å². The van der Waals surface area contributed by atoms with Gasteiger partial charge in [0.1, 0.15) is 18.1 Å². The molecular weight excluding hydrogens is 368 g/mol. The molecule has 27 heavy (non-hydrogen) atoms. The number of rotatable bonds is 8. The van der Waals surface area contributed by atoms with E-state index in [1.54, 1.807) is 36.7 Å². The van der Waals surface area contributed by atoms with Crippen LogP contribution in [0.2, 0.25) is 0 Å². The molecule has 0 N–H and O–H groups in total. The molecule has 0 unspecified atom stereocenters. The molecule has 0 atom stereocenters. The quantitative estimate of drug-likeness (QED) is 0.642. The highest BCUT2D eigenvalue weighted by atomic mass is 32.2. The molecule has 1 saturated heterocycles. The van der Waals surface area contributed by atoms with Crippen LogP contribution in [0.4, 0.5) is 0 Å². The molecule has 8 heteroatoms. The second-order valence-corrected chi connectivity index (χ2v) is 8.13. The molecule has 1 aliphatic heterocycles. The maximum atomic E-state index is 12.8. The first kappa shape index (κ1) is 19.6. The fourth-order valence-corrected chi connectivity index (χ4v) is 4.46. The SMILES string of the molecule is COc1cccc(S(=O)(=O)N2CCC(OCCOc3cccnc3)CC2)c1. The molecule has 0 aliphatic carbocycles. The Hall–Kier alpha value is -2.16. The van der Waals surface area contributed by atoms with Crippen molar-refractivity contribution in [3.63, 3.8) is 0 Å². The summed E-state index contributed by atoms with van der Waals surface area (Å²) in [4.78, 5) is 4.24. The molecule has 0 spiro atoms. The van der Waals surface area contributed by atoms with Crippen LogP contribution in [0.1, 0.15) is 12.8 Å². The van der Waals surface area contributed by atoms with Gasteiger partial charge in [0.25, 0.3) is 0 Å². The van der Waals surface area contributed by atoms with Gasteiger partial charge in [-0.1, -0.05) is 6.07 Å². The molecule has 2 heterocycles. The average Bonchev–Trinajstić information content (AvgIpc) is 2.72. The molecule has 7 nitrogen and oxygen atoms in total. The van der Waals surface area contributed by atoms with E-state index in [1.807, 2.05) is 12.1 Å². The van der Waals surface area contributed by atoms with Crippen LogP contribution in [-0.4, -0.2) is 57.2 Å². The molecule has 2 aromatic rings. The topological polar surface area (TPSA) is 78.0 Å². The van der Waals surface area contributed by atoms with Crippen molar-refractivity contribution in [2.75, 3.05) is 33.4 Å². The van der Waals surface area contributed by atoms with Crippen molar-refractivity contribution in [1.29, 1.82) is 0 Å². The molecule has 3 rings (SSSR count). The number of hydrogen-bond donors (Lipinski definition) is 0. The fraction of sp³-hybridized carbons (Fsp3) is 0.421. The lowest BCUT2D eigenvalue weighted by atomic mass is 10.1. The summed E-state index contributed by atoms with van der Waals surface area (Å²) in [6, 6.07) is 10.2. The zero-order valence-electron chi connectivity index (χ0n) is 15.3. The third kappa shape index (κ3) is 5.18. The smallest absolute Gasteiger partial charge is 0.243 e. The molecule has 0 bridgehead atoms. The standard InChI is InChI=1S/C19H24N2O5S/c1-24-17-4-2-6-19(14-17)27(22,23)21-10-7-16(8-11-21)25-12-13-26-18-5-3-9-20-15-18/h2-6,9,14-16H,7-8,10-13H2,1H3. The summed E-state index contributed by atoms with van der Waals surface area (Å²) in [6.45, 7) is 1.78. The van der Waals surface area contributed by atoms with E-state index in [9.17, 15) is 8.42 Å². The van der Waals surface area contributed by atoms with Crippen molar-refractivity contribution in [2.24, 2.45) is 0 Å². The number of pyridine rings is 1. The van der Waals surface area contributed by atoms with Gasteiger partial charge in [-0.25, -0.2) is 8.42 Å². The predicted molar refractivity (Wildman–Crippen MR) is 100 cm³/mol. The molecule has 146 valence electrons. The summed E-state index contributed by atoms with van der Waals surface area (Å²) in [6.07, 6.45) is 4.71. The first-order valence-electron chi connectivity index (χ1n) is 8.88. The van der Waals surface area contributed by atoms with Crippen molar-refractivity contribution in [1.82, 2.24) is 9.29 Å². The third-order valence-corrected chi connectivity index (χ3v) is 6.31. The molecule has 1 aliphatic rings. The maximum absolute atomic E-state index is 12.8. The highest BCUT2D eigenvalue weighted by molar-refractivity contribution is 7.89. The number of aromatic nitrogens is 1. The number of ether oxygens (including phenoxy) is 3. The summed E-state index contributed by atoms with van der Waals surface area (Å²) < 4.78 is 43.6. The number of nitrogens with zero attached hydrogens (tertiary/aromatic N) is 2. The first-order valence-corrected chi connectivity index (χ1v) is 10.3. The Kier molecular flexibility index (Phi) is 6.65. The van der Waals surface area contributed by atoms with Crippen molar-refractivity contribution in [2.45, 2.75) is 23.8 Å². The van der Waals surface area contributed by atoms with Crippen LogP contribution < -0.4 is 9.47 Å². The summed E-state index contributed by atoms with van der Waals surface area (Å²) in [7, 11) is -1.99. The molecule has 0 radical (unpaired) electrons. The Morgan fingerprint density at radius 2 is 1.89 bits per heavy atom. The molecule has 1 fully saturated rings. The van der Waals surface area contributed by atoms with Crippen LogP contribution in [-0.2, 0) is 14.8 Å². The molecule has 1 aromatic carbocycles. The predicted octanol–water partition coefficient (Wildman–Crippen LogP) is 2.34. The van der Waals surface area contributed by atoms with E-state index in [0.29, 0.717) is 50.6 Å². The zero-order valence-corrected chi connectivity index (χ0v) is 16.1. The van der Waals surface area contributed by atoms with Gasteiger partial charge >= 0.3 is 0 Å². The monoisotopic (exact) mass is 392 g/mol. The fourth-order valence-electron chi connectivity index (χ4n) is 2.96. The van der Waals surface area contributed by atoms with Crippen molar-refractivity contribution in [3.05, 3.63) is 48.8 Å². The number of methoxy groups -OCH3 is 1. The number of sulfonamides is 1. The van der Waals surface area contributed by atoms with Crippen LogP contribution in [0.15, 0.2) is 53.7 Å². The Morgan fingerprint density at radius 1 is 1.11 bits per heavy atom. The van der Waals surface area contributed by atoms with E-state index in [1.165, 1.54) is 11.4 Å². The Morgan fingerprint density at radius 3 is 2.59 bits per heavy atom. The largest absolute Gasteiger partial charge is 0.497 e. The normalized spacial score (nSPS) is 16.2. The van der Waals surface area contributed by atoms with E-state index in [-0.39, 0.29) is 11.0 Å². The maximum Gasteiger partial charge on any atom is 0.243 e. The highest BCUT2D eigenvalue weighted by Gasteiger charge is 2.29. The van der Waals surface area contributed by atoms with E-state index in [4.69, 9.17) is 14.2 Å². The highest BCUT2D eigenvalue weighted by Crippen LogP contribution is 2.24. The van der Waals surface area contributed by atoms with Crippen molar-refractivity contribution >= 4 is 10.0 Å². The van der Waals surface area contributed by atoms with Crippen molar-refractivity contribution < 1.29 is 22.6 Å². The minimum atomic E-state index is -3.51. The number of benzene rings is 1. The van der Waals surface area contributed by atoms with Crippen LogP contribution >= 0.6 is 0 Å². The van der Waals surface area contributed by atoms with Crippen LogP contribution in [0.5, 0.6) is 11.5 Å². The van der Waals surface area contributed by atoms with Crippen molar-refractivity contribution in [3.8, 4) is 11.5 Å². The third-order valence-electron chi connectivity index (χ3n) is 4.42. The molecular formula is C19H24N2O5S. The Labute approximate surface area is 159 Å². The number of piperidine rings is 1. The summed E-state index contributed by atoms with van der Waals surface area (Å²) in [5, 5.41) is 0. The van der Waals surface area contributed by atoms with E-state index >= 15 is 0 Å². The van der Waals surface area contributed by atoms with Gasteiger partial charge in [-0.05, 0) is 37.1 Å². The van der Waals surface area contributed by atoms with Gasteiger partial charge in [-0.2, -0.15) is 4.31 Å². The van der Waals surface area contributed by atoms with Gasteiger partial charge in [0.05, 0.1) is 30.9 Å². The molecule has 0 amide bonds. The lowest BCUT2D eigenvalue weighted by molar-refractivity contribution is 0.00696. The number of hydrogen-bond acceptors (Lipinski definition) is 6. The van der Waals surface area contributed by atoms with Gasteiger partial charge in [0, 0.05) is 25.4 Å². The Balaban J connectivity index is 1.45. The minimum Gasteiger partial charge on any atom is -0.497 e. The second kappa shape index (κ2) is 9.16. The minimum absolute atomic E-state index is 0.0410. The second-order valence-electron chi connectivity index (χ2n) is 6.19. The lowest BCUT2D eigenvalue weighted by Gasteiger charge is -2.31. The molecule has 0 saturated carbocycles. The van der Waals surface area contributed by atoms with E-state index in [0.717, 1.165) is 0 Å². The van der Waals surface area contributed by atoms with Gasteiger partial charge in [-0.3, -0.25) is 4.98 Å². The first-order chi connectivity index (χ1) is 13.1. The zero-order chi connectivity index (χ0) is 19.1. The van der Waals surface area contributed by atoms with Crippen LogP contribution in [0, 0.1) is 0 Å². The summed E-state index contributed by atoms with van der Waals surface area (Å²) in [5.74, 6) is 1.24. The van der Waals surface area contributed by atoms with Crippen LogP contribution in [0.3, 0.4) is 0 Å². The Bertz CT molecular complexity index is 821. The van der Waals surface area contributed by atoms with Gasteiger partial charge < -0.3 is 14.2 Å². The molecule has 1 aromatic heterocycles. The van der Waals surface area contributed by atoms with Gasteiger partial charge in [0.2, 0.25) is 10.0 Å². The van der Waals surface area contributed by atoms with Gasteiger partial charge in [-0.15, -0.1) is 0 Å². The van der Waals surface area contributed by atoms with Crippen LogP contribution in [0.25, 0.3) is 0 Å². The lowest BCUT2D eigenvalue weighted by Crippen LogP contribution is -2.41. The average molecular weight is 392 g/mol. The van der Waals surface area contributed by atoms with E-state index in [2.05, 4.69) is 4.98 Å². The summed E-state index contributed by atoms with van der Waals surface area (Å²) >= 11 is 0. The van der Waals surface area contributed by atoms with E-state index < -0.39 is 10.0 Å². The summed E-state index contributed by atoms with van der Waals surface area (Å²) in [5.41, 5.74) is 0.